The van der Waals surface area contributed by atoms with Crippen LogP contribution in [0, 0.1) is 0 Å². The molecule has 0 bridgehead atoms. The molecule has 0 saturated heterocycles. The standard InChI is InChI=1S/C23H30O5/c1-6-8-20-21-12-11-19(28-17(5)25)13-23(21)26-14-22(20)15(3)9-10-18(7-2)27-16(4)24/h9,11-13,18H,6-8,10,14H2,1-5H3/b15-9+/t18-/m1/s1. The number of carbonyl (C=O) groups excluding carboxylic acids is 2. The molecule has 1 aromatic carbocycles. The van der Waals surface area contributed by atoms with Gasteiger partial charge in [0, 0.05) is 31.9 Å². The maximum atomic E-state index is 11.2. The molecular weight excluding hydrogens is 356 g/mol. The molecule has 1 aliphatic rings. The molecule has 0 spiro atoms. The molecule has 0 aromatic heterocycles. The fourth-order valence-electron chi connectivity index (χ4n) is 3.35. The highest BCUT2D eigenvalue weighted by Gasteiger charge is 2.22. The average Bonchev–Trinajstić information content (AvgIpc) is 2.64. The zero-order chi connectivity index (χ0) is 20.7. The van der Waals surface area contributed by atoms with Crippen LogP contribution >= 0.6 is 0 Å². The van der Waals surface area contributed by atoms with Gasteiger partial charge in [0.1, 0.15) is 24.2 Å². The summed E-state index contributed by atoms with van der Waals surface area (Å²) in [6.07, 6.45) is 5.44. The highest BCUT2D eigenvalue weighted by molar-refractivity contribution is 5.79. The average molecular weight is 386 g/mol. The van der Waals surface area contributed by atoms with Crippen molar-refractivity contribution in [1.29, 1.82) is 0 Å². The van der Waals surface area contributed by atoms with Crippen molar-refractivity contribution in [2.24, 2.45) is 0 Å². The second-order valence-corrected chi connectivity index (χ2v) is 7.01. The van der Waals surface area contributed by atoms with Crippen molar-refractivity contribution in [3.63, 3.8) is 0 Å². The van der Waals surface area contributed by atoms with Gasteiger partial charge in [0.2, 0.25) is 0 Å². The summed E-state index contributed by atoms with van der Waals surface area (Å²) in [5.74, 6) is 0.634. The van der Waals surface area contributed by atoms with Crippen molar-refractivity contribution >= 4 is 17.5 Å². The van der Waals surface area contributed by atoms with Crippen LogP contribution < -0.4 is 9.47 Å². The number of ether oxygens (including phenoxy) is 3. The normalized spacial score (nSPS) is 14.8. The van der Waals surface area contributed by atoms with E-state index in [1.807, 2.05) is 13.0 Å². The third-order valence-corrected chi connectivity index (χ3v) is 4.73. The fraction of sp³-hybridized carbons (Fsp3) is 0.478. The van der Waals surface area contributed by atoms with Crippen LogP contribution in [0.1, 0.15) is 65.9 Å². The Morgan fingerprint density at radius 2 is 1.93 bits per heavy atom. The van der Waals surface area contributed by atoms with E-state index in [-0.39, 0.29) is 18.0 Å². The zero-order valence-corrected chi connectivity index (χ0v) is 17.5. The fourth-order valence-corrected chi connectivity index (χ4v) is 3.35. The molecule has 0 unspecified atom stereocenters. The molecule has 0 radical (unpaired) electrons. The molecule has 1 aromatic rings. The van der Waals surface area contributed by atoms with E-state index in [1.165, 1.54) is 25.0 Å². The zero-order valence-electron chi connectivity index (χ0n) is 17.5. The van der Waals surface area contributed by atoms with Crippen LogP contribution in [0.25, 0.3) is 5.57 Å². The lowest BCUT2D eigenvalue weighted by atomic mass is 9.89. The maximum absolute atomic E-state index is 11.2. The van der Waals surface area contributed by atoms with Crippen molar-refractivity contribution in [2.75, 3.05) is 6.61 Å². The molecule has 1 atom stereocenters. The first-order valence-corrected chi connectivity index (χ1v) is 9.87. The lowest BCUT2D eigenvalue weighted by Crippen LogP contribution is -2.15. The van der Waals surface area contributed by atoms with Crippen molar-refractivity contribution in [3.05, 3.63) is 41.0 Å². The van der Waals surface area contributed by atoms with Crippen LogP contribution in [0.2, 0.25) is 0 Å². The Morgan fingerprint density at radius 3 is 2.54 bits per heavy atom. The number of hydrogen-bond donors (Lipinski definition) is 0. The van der Waals surface area contributed by atoms with Gasteiger partial charge in [-0.3, -0.25) is 9.59 Å². The van der Waals surface area contributed by atoms with Crippen LogP contribution in [0.5, 0.6) is 11.5 Å². The number of carbonyl (C=O) groups is 2. The Labute approximate surface area is 167 Å². The number of rotatable bonds is 8. The molecule has 0 N–H and O–H groups in total. The predicted octanol–water partition coefficient (Wildman–Crippen LogP) is 5.24. The molecule has 0 amide bonds. The smallest absolute Gasteiger partial charge is 0.308 e. The molecule has 152 valence electrons. The Kier molecular flexibility index (Phi) is 7.85. The van der Waals surface area contributed by atoms with E-state index >= 15 is 0 Å². The van der Waals surface area contributed by atoms with Gasteiger partial charge in [0.25, 0.3) is 0 Å². The highest BCUT2D eigenvalue weighted by Crippen LogP contribution is 2.40. The second-order valence-electron chi connectivity index (χ2n) is 7.01. The summed E-state index contributed by atoms with van der Waals surface area (Å²) in [7, 11) is 0. The van der Waals surface area contributed by atoms with E-state index in [2.05, 4.69) is 19.9 Å². The van der Waals surface area contributed by atoms with Crippen molar-refractivity contribution in [1.82, 2.24) is 0 Å². The van der Waals surface area contributed by atoms with E-state index < -0.39 is 0 Å². The van der Waals surface area contributed by atoms with Gasteiger partial charge in [0.05, 0.1) is 0 Å². The summed E-state index contributed by atoms with van der Waals surface area (Å²) in [6, 6.07) is 5.53. The lowest BCUT2D eigenvalue weighted by molar-refractivity contribution is -0.146. The molecule has 2 rings (SSSR count). The van der Waals surface area contributed by atoms with Crippen molar-refractivity contribution in [2.45, 2.75) is 66.4 Å². The molecule has 0 saturated carbocycles. The van der Waals surface area contributed by atoms with E-state index in [4.69, 9.17) is 14.2 Å². The van der Waals surface area contributed by atoms with Gasteiger partial charge in [-0.05, 0) is 48.6 Å². The Bertz CT molecular complexity index is 788. The third-order valence-electron chi connectivity index (χ3n) is 4.73. The molecule has 1 aliphatic heterocycles. The minimum absolute atomic E-state index is 0.106. The topological polar surface area (TPSA) is 61.8 Å². The van der Waals surface area contributed by atoms with Crippen LogP contribution in [0.4, 0.5) is 0 Å². The van der Waals surface area contributed by atoms with Gasteiger partial charge in [-0.25, -0.2) is 0 Å². The van der Waals surface area contributed by atoms with Crippen LogP contribution in [0.15, 0.2) is 35.4 Å². The van der Waals surface area contributed by atoms with Gasteiger partial charge in [-0.1, -0.05) is 26.3 Å². The Hall–Kier alpha value is -2.56. The Balaban J connectivity index is 2.31. The summed E-state index contributed by atoms with van der Waals surface area (Å²) in [5, 5.41) is 0. The molecule has 0 aliphatic carbocycles. The first-order valence-electron chi connectivity index (χ1n) is 9.87. The summed E-state index contributed by atoms with van der Waals surface area (Å²) < 4.78 is 16.5. The predicted molar refractivity (Wildman–Crippen MR) is 109 cm³/mol. The van der Waals surface area contributed by atoms with E-state index in [9.17, 15) is 9.59 Å². The van der Waals surface area contributed by atoms with Crippen LogP contribution in [0.3, 0.4) is 0 Å². The molecule has 5 heteroatoms. The van der Waals surface area contributed by atoms with Crippen LogP contribution in [-0.4, -0.2) is 24.6 Å². The molecule has 28 heavy (non-hydrogen) atoms. The molecule has 0 fully saturated rings. The SMILES string of the molecule is CCCC1=C(/C(C)=C/C[C@@H](CC)OC(C)=O)COc2cc(OC(C)=O)ccc21. The summed E-state index contributed by atoms with van der Waals surface area (Å²) in [6.45, 7) is 9.54. The van der Waals surface area contributed by atoms with E-state index in [1.54, 1.807) is 12.1 Å². The van der Waals surface area contributed by atoms with Gasteiger partial charge >= 0.3 is 11.9 Å². The second kappa shape index (κ2) is 10.1. The van der Waals surface area contributed by atoms with E-state index in [0.717, 1.165) is 36.1 Å². The van der Waals surface area contributed by atoms with Crippen molar-refractivity contribution < 1.29 is 23.8 Å². The van der Waals surface area contributed by atoms with E-state index in [0.29, 0.717) is 18.8 Å². The number of esters is 2. The molecular formula is C23H30O5. The number of benzene rings is 1. The molecule has 1 heterocycles. The highest BCUT2D eigenvalue weighted by atomic mass is 16.5. The number of allylic oxidation sites excluding steroid dienone is 1. The van der Waals surface area contributed by atoms with Crippen molar-refractivity contribution in [3.8, 4) is 11.5 Å². The summed E-state index contributed by atoms with van der Waals surface area (Å²) in [4.78, 5) is 22.4. The van der Waals surface area contributed by atoms with Gasteiger partial charge in [0.15, 0.2) is 0 Å². The quantitative estimate of drug-likeness (QED) is 0.452. The number of hydrogen-bond acceptors (Lipinski definition) is 5. The first kappa shape index (κ1) is 21.7. The molecule has 5 nitrogen and oxygen atoms in total. The minimum atomic E-state index is -0.349. The first-order chi connectivity index (χ1) is 13.3. The largest absolute Gasteiger partial charge is 0.488 e. The van der Waals surface area contributed by atoms with Gasteiger partial charge in [-0.15, -0.1) is 0 Å². The number of fused-ring (bicyclic) bond motifs is 1. The third kappa shape index (κ3) is 5.72. The lowest BCUT2D eigenvalue weighted by Gasteiger charge is -2.25. The minimum Gasteiger partial charge on any atom is -0.488 e. The monoisotopic (exact) mass is 386 g/mol. The van der Waals surface area contributed by atoms with Gasteiger partial charge < -0.3 is 14.2 Å². The summed E-state index contributed by atoms with van der Waals surface area (Å²) >= 11 is 0. The van der Waals surface area contributed by atoms with Gasteiger partial charge in [-0.2, -0.15) is 0 Å². The van der Waals surface area contributed by atoms with Crippen LogP contribution in [-0.2, 0) is 14.3 Å². The Morgan fingerprint density at radius 1 is 1.18 bits per heavy atom. The summed E-state index contributed by atoms with van der Waals surface area (Å²) in [5.41, 5.74) is 4.61. The maximum Gasteiger partial charge on any atom is 0.308 e.